The van der Waals surface area contributed by atoms with Gasteiger partial charge in [0, 0.05) is 37.0 Å². The number of likely N-dealkylation sites (tertiary alicyclic amines) is 1. The van der Waals surface area contributed by atoms with Crippen LogP contribution in [-0.2, 0) is 11.3 Å². The fourth-order valence-corrected chi connectivity index (χ4v) is 4.40. The molecule has 0 radical (unpaired) electrons. The van der Waals surface area contributed by atoms with Crippen molar-refractivity contribution in [2.24, 2.45) is 11.3 Å². The van der Waals surface area contributed by atoms with E-state index in [2.05, 4.69) is 15.1 Å². The molecular weight excluding hydrogens is 358 g/mol. The predicted molar refractivity (Wildman–Crippen MR) is 102 cm³/mol. The Morgan fingerprint density at radius 2 is 2.07 bits per heavy atom. The third-order valence-corrected chi connectivity index (χ3v) is 5.92. The maximum absolute atomic E-state index is 12.8. The molecule has 0 spiro atoms. The lowest BCUT2D eigenvalue weighted by Crippen LogP contribution is -2.39. The predicted octanol–water partition coefficient (Wildman–Crippen LogP) is 1.36. The summed E-state index contributed by atoms with van der Waals surface area (Å²) in [6, 6.07) is 3.49. The molecule has 1 amide bonds. The summed E-state index contributed by atoms with van der Waals surface area (Å²) in [6.07, 6.45) is 6.73. The van der Waals surface area contributed by atoms with Crippen LogP contribution in [-0.4, -0.2) is 50.3 Å². The highest BCUT2D eigenvalue weighted by atomic mass is 16.5. The van der Waals surface area contributed by atoms with Crippen LogP contribution in [0.5, 0.6) is 6.01 Å². The molecule has 1 aliphatic heterocycles. The number of carbonyl (C=O) groups is 1. The van der Waals surface area contributed by atoms with Crippen LogP contribution in [0.25, 0.3) is 0 Å². The molecule has 0 aromatic carbocycles. The van der Waals surface area contributed by atoms with Crippen molar-refractivity contribution in [1.82, 2.24) is 24.6 Å². The van der Waals surface area contributed by atoms with E-state index in [0.29, 0.717) is 37.3 Å². The number of fused-ring (bicyclic) bond motifs is 1. The zero-order valence-electron chi connectivity index (χ0n) is 16.3. The van der Waals surface area contributed by atoms with Gasteiger partial charge in [0.05, 0.1) is 12.3 Å². The lowest BCUT2D eigenvalue weighted by Gasteiger charge is -2.28. The summed E-state index contributed by atoms with van der Waals surface area (Å²) < 4.78 is 7.15. The van der Waals surface area contributed by atoms with E-state index < -0.39 is 0 Å². The van der Waals surface area contributed by atoms with E-state index in [1.165, 1.54) is 10.7 Å². The average molecular weight is 383 g/mol. The second-order valence-corrected chi connectivity index (χ2v) is 8.03. The zero-order valence-corrected chi connectivity index (χ0v) is 16.3. The number of ether oxygens (including phenoxy) is 1. The maximum atomic E-state index is 12.8. The molecule has 148 valence electrons. The Kier molecular flexibility index (Phi) is 4.87. The molecule has 1 saturated carbocycles. The normalized spacial score (nSPS) is 23.6. The minimum atomic E-state index is -0.257. The van der Waals surface area contributed by atoms with Gasteiger partial charge in [0.25, 0.3) is 5.56 Å². The molecule has 4 rings (SSSR count). The molecule has 8 nitrogen and oxygen atoms in total. The first-order valence-corrected chi connectivity index (χ1v) is 9.69. The van der Waals surface area contributed by atoms with E-state index in [1.54, 1.807) is 25.4 Å². The zero-order chi connectivity index (χ0) is 19.7. The Morgan fingerprint density at radius 1 is 1.29 bits per heavy atom. The number of aromatic nitrogens is 4. The number of hydrogen-bond acceptors (Lipinski definition) is 6. The van der Waals surface area contributed by atoms with Gasteiger partial charge in [-0.2, -0.15) is 5.10 Å². The first-order chi connectivity index (χ1) is 13.4. The Hall–Kier alpha value is -2.77. The number of nitrogens with zero attached hydrogens (tertiary/aromatic N) is 5. The van der Waals surface area contributed by atoms with E-state index in [0.717, 1.165) is 24.8 Å². The number of rotatable bonds is 5. The standard InChI is InChI=1S/C20H25N5O3/c1-14-8-21-19(22-9-14)28-13-20-7-3-4-16(20)10-24(12-20)18(27)11-25-17(26)6-5-15(2)23-25/h5-6,8-9,16H,3-4,7,10-13H2,1-2H3. The number of hydrogen-bond donors (Lipinski definition) is 0. The fourth-order valence-electron chi connectivity index (χ4n) is 4.40. The van der Waals surface area contributed by atoms with Crippen LogP contribution in [0, 0.1) is 25.2 Å². The average Bonchev–Trinajstić information content (AvgIpc) is 3.22. The van der Waals surface area contributed by atoms with Crippen molar-refractivity contribution in [3.05, 3.63) is 46.1 Å². The molecule has 2 fully saturated rings. The second kappa shape index (κ2) is 7.33. The molecule has 8 heteroatoms. The summed E-state index contributed by atoms with van der Waals surface area (Å²) in [4.78, 5) is 35.1. The van der Waals surface area contributed by atoms with Crippen molar-refractivity contribution in [1.29, 1.82) is 0 Å². The van der Waals surface area contributed by atoms with Gasteiger partial charge in [-0.15, -0.1) is 0 Å². The van der Waals surface area contributed by atoms with E-state index in [1.807, 2.05) is 11.8 Å². The van der Waals surface area contributed by atoms with Crippen molar-refractivity contribution in [2.75, 3.05) is 19.7 Å². The molecule has 2 aromatic rings. The molecule has 2 aliphatic rings. The number of aryl methyl sites for hydroxylation is 2. The van der Waals surface area contributed by atoms with Gasteiger partial charge in [0.15, 0.2) is 0 Å². The minimum absolute atomic E-state index is 0.0226. The molecular formula is C20H25N5O3. The van der Waals surface area contributed by atoms with Gasteiger partial charge >= 0.3 is 6.01 Å². The molecule has 2 unspecified atom stereocenters. The van der Waals surface area contributed by atoms with Gasteiger partial charge in [-0.25, -0.2) is 14.6 Å². The Balaban J connectivity index is 1.43. The van der Waals surface area contributed by atoms with Crippen LogP contribution in [0.3, 0.4) is 0 Å². The van der Waals surface area contributed by atoms with E-state index in [9.17, 15) is 9.59 Å². The van der Waals surface area contributed by atoms with Gasteiger partial charge in [-0.1, -0.05) is 6.42 Å². The van der Waals surface area contributed by atoms with Crippen LogP contribution in [0.4, 0.5) is 0 Å². The van der Waals surface area contributed by atoms with Crippen LogP contribution in [0.15, 0.2) is 29.3 Å². The highest BCUT2D eigenvalue weighted by molar-refractivity contribution is 5.76. The molecule has 1 aliphatic carbocycles. The summed E-state index contributed by atoms with van der Waals surface area (Å²) in [5.41, 5.74) is 1.39. The quantitative estimate of drug-likeness (QED) is 0.774. The SMILES string of the molecule is Cc1cnc(OCC23CCCC2CN(C(=O)Cn2nc(C)ccc2=O)C3)nc1. The Bertz CT molecular complexity index is 926. The monoisotopic (exact) mass is 383 g/mol. The number of amides is 1. The lowest BCUT2D eigenvalue weighted by molar-refractivity contribution is -0.131. The van der Waals surface area contributed by atoms with Crippen molar-refractivity contribution < 1.29 is 9.53 Å². The molecule has 0 N–H and O–H groups in total. The molecule has 3 heterocycles. The summed E-state index contributed by atoms with van der Waals surface area (Å²) in [7, 11) is 0. The van der Waals surface area contributed by atoms with Crippen LogP contribution in [0.1, 0.15) is 30.5 Å². The van der Waals surface area contributed by atoms with Gasteiger partial charge in [-0.3, -0.25) is 9.59 Å². The van der Waals surface area contributed by atoms with Gasteiger partial charge < -0.3 is 9.64 Å². The van der Waals surface area contributed by atoms with E-state index in [4.69, 9.17) is 4.74 Å². The summed E-state index contributed by atoms with van der Waals surface area (Å²) in [5, 5.41) is 4.17. The summed E-state index contributed by atoms with van der Waals surface area (Å²) in [6.45, 7) is 5.57. The molecule has 1 saturated heterocycles. The third kappa shape index (κ3) is 3.63. The maximum Gasteiger partial charge on any atom is 0.316 e. The van der Waals surface area contributed by atoms with Gasteiger partial charge in [-0.05, 0) is 44.2 Å². The molecule has 2 atom stereocenters. The summed E-state index contributed by atoms with van der Waals surface area (Å²) in [5.74, 6) is 0.338. The van der Waals surface area contributed by atoms with E-state index >= 15 is 0 Å². The van der Waals surface area contributed by atoms with Gasteiger partial charge in [0.2, 0.25) is 5.91 Å². The van der Waals surface area contributed by atoms with Crippen molar-refractivity contribution >= 4 is 5.91 Å². The smallest absolute Gasteiger partial charge is 0.316 e. The fraction of sp³-hybridized carbons (Fsp3) is 0.550. The topological polar surface area (TPSA) is 90.2 Å². The minimum Gasteiger partial charge on any atom is -0.463 e. The Labute approximate surface area is 163 Å². The number of carbonyl (C=O) groups excluding carboxylic acids is 1. The van der Waals surface area contributed by atoms with E-state index in [-0.39, 0.29) is 23.4 Å². The largest absolute Gasteiger partial charge is 0.463 e. The van der Waals surface area contributed by atoms with Crippen molar-refractivity contribution in [3.63, 3.8) is 0 Å². The molecule has 0 bridgehead atoms. The van der Waals surface area contributed by atoms with Crippen LogP contribution >= 0.6 is 0 Å². The first kappa shape index (κ1) is 18.6. The van der Waals surface area contributed by atoms with Crippen molar-refractivity contribution in [3.8, 4) is 6.01 Å². The van der Waals surface area contributed by atoms with Crippen LogP contribution in [0.2, 0.25) is 0 Å². The summed E-state index contributed by atoms with van der Waals surface area (Å²) >= 11 is 0. The second-order valence-electron chi connectivity index (χ2n) is 8.03. The van der Waals surface area contributed by atoms with Crippen LogP contribution < -0.4 is 10.3 Å². The Morgan fingerprint density at radius 3 is 2.86 bits per heavy atom. The van der Waals surface area contributed by atoms with Crippen molar-refractivity contribution in [2.45, 2.75) is 39.7 Å². The third-order valence-electron chi connectivity index (χ3n) is 5.92. The highest BCUT2D eigenvalue weighted by Crippen LogP contribution is 2.48. The first-order valence-electron chi connectivity index (χ1n) is 9.69. The lowest BCUT2D eigenvalue weighted by atomic mass is 9.82. The molecule has 28 heavy (non-hydrogen) atoms. The van der Waals surface area contributed by atoms with Gasteiger partial charge in [0.1, 0.15) is 6.54 Å². The molecule has 2 aromatic heterocycles. The highest BCUT2D eigenvalue weighted by Gasteiger charge is 2.51.